The minimum Gasteiger partial charge on any atom is -0.309 e. The van der Waals surface area contributed by atoms with Gasteiger partial charge < -0.3 is 5.32 Å². The molecule has 2 heterocycles. The first-order valence-corrected chi connectivity index (χ1v) is 7.97. The first kappa shape index (κ1) is 13.4. The Kier molecular flexibility index (Phi) is 4.08. The van der Waals surface area contributed by atoms with Crippen molar-refractivity contribution in [2.75, 3.05) is 6.54 Å². The average Bonchev–Trinajstić information content (AvgIpc) is 3.03. The molecule has 0 spiro atoms. The van der Waals surface area contributed by atoms with Crippen LogP contribution in [0.4, 0.5) is 0 Å². The molecule has 0 amide bonds. The molecular weight excluding hydrogens is 299 g/mol. The van der Waals surface area contributed by atoms with Crippen LogP contribution in [0.5, 0.6) is 0 Å². The molecule has 0 bridgehead atoms. The molecular formula is C14H14Cl2N2S. The van der Waals surface area contributed by atoms with Crippen molar-refractivity contribution in [2.24, 2.45) is 0 Å². The Hall–Kier alpha value is -0.610. The number of hydrogen-bond donors (Lipinski definition) is 1. The molecule has 1 saturated heterocycles. The van der Waals surface area contributed by atoms with E-state index in [0.717, 1.165) is 23.5 Å². The fourth-order valence-electron chi connectivity index (χ4n) is 2.33. The lowest BCUT2D eigenvalue weighted by atomic mass is 10.1. The van der Waals surface area contributed by atoms with Gasteiger partial charge in [-0.1, -0.05) is 29.3 Å². The highest BCUT2D eigenvalue weighted by molar-refractivity contribution is 7.09. The Morgan fingerprint density at radius 3 is 3.00 bits per heavy atom. The second-order valence-corrected chi connectivity index (χ2v) is 6.51. The summed E-state index contributed by atoms with van der Waals surface area (Å²) in [5.74, 6) is 0. The van der Waals surface area contributed by atoms with E-state index in [1.165, 1.54) is 18.5 Å². The van der Waals surface area contributed by atoms with Crippen LogP contribution in [0.3, 0.4) is 0 Å². The first-order chi connectivity index (χ1) is 9.22. The van der Waals surface area contributed by atoms with E-state index in [0.29, 0.717) is 16.1 Å². The van der Waals surface area contributed by atoms with Gasteiger partial charge in [0.1, 0.15) is 0 Å². The second-order valence-electron chi connectivity index (χ2n) is 4.73. The normalized spacial score (nSPS) is 18.9. The largest absolute Gasteiger partial charge is 0.309 e. The van der Waals surface area contributed by atoms with Gasteiger partial charge in [-0.05, 0) is 37.1 Å². The number of halogens is 2. The summed E-state index contributed by atoms with van der Waals surface area (Å²) in [4.78, 5) is 4.72. The van der Waals surface area contributed by atoms with Crippen LogP contribution in [0.15, 0.2) is 23.6 Å². The van der Waals surface area contributed by atoms with Gasteiger partial charge in [-0.25, -0.2) is 4.98 Å². The van der Waals surface area contributed by atoms with Gasteiger partial charge in [0.2, 0.25) is 0 Å². The Bertz CT molecular complexity index is 577. The average molecular weight is 313 g/mol. The second kappa shape index (κ2) is 5.80. The molecule has 0 saturated carbocycles. The molecule has 3 rings (SSSR count). The maximum Gasteiger partial charge on any atom is 0.0973 e. The SMILES string of the molecule is Clc1ccc(Cc2nc(C3CCCN3)cs2)c(Cl)c1. The molecule has 100 valence electrons. The van der Waals surface area contributed by atoms with Crippen molar-refractivity contribution in [2.45, 2.75) is 25.3 Å². The van der Waals surface area contributed by atoms with Crippen molar-refractivity contribution < 1.29 is 0 Å². The summed E-state index contributed by atoms with van der Waals surface area (Å²) < 4.78 is 0. The zero-order valence-electron chi connectivity index (χ0n) is 10.3. The predicted octanol–water partition coefficient (Wildman–Crippen LogP) is 4.47. The van der Waals surface area contributed by atoms with Crippen LogP contribution in [-0.4, -0.2) is 11.5 Å². The van der Waals surface area contributed by atoms with E-state index in [9.17, 15) is 0 Å². The topological polar surface area (TPSA) is 24.9 Å². The van der Waals surface area contributed by atoms with Crippen molar-refractivity contribution in [3.05, 3.63) is 49.9 Å². The molecule has 2 aromatic rings. The number of thiazole rings is 1. The van der Waals surface area contributed by atoms with Crippen LogP contribution >= 0.6 is 34.5 Å². The van der Waals surface area contributed by atoms with Gasteiger partial charge >= 0.3 is 0 Å². The van der Waals surface area contributed by atoms with Gasteiger partial charge in [-0.15, -0.1) is 11.3 Å². The number of aromatic nitrogens is 1. The Morgan fingerprint density at radius 1 is 1.37 bits per heavy atom. The van der Waals surface area contributed by atoms with E-state index in [2.05, 4.69) is 10.7 Å². The van der Waals surface area contributed by atoms with Crippen molar-refractivity contribution in [3.63, 3.8) is 0 Å². The van der Waals surface area contributed by atoms with Crippen molar-refractivity contribution in [3.8, 4) is 0 Å². The van der Waals surface area contributed by atoms with Crippen LogP contribution in [-0.2, 0) is 6.42 Å². The van der Waals surface area contributed by atoms with Crippen molar-refractivity contribution in [1.29, 1.82) is 0 Å². The third-order valence-electron chi connectivity index (χ3n) is 3.34. The van der Waals surface area contributed by atoms with Gasteiger partial charge in [0.25, 0.3) is 0 Å². The van der Waals surface area contributed by atoms with Crippen LogP contribution in [0, 0.1) is 0 Å². The number of nitrogens with zero attached hydrogens (tertiary/aromatic N) is 1. The highest BCUT2D eigenvalue weighted by Crippen LogP contribution is 2.28. The number of benzene rings is 1. The molecule has 1 N–H and O–H groups in total. The van der Waals surface area contributed by atoms with E-state index in [1.54, 1.807) is 17.4 Å². The maximum absolute atomic E-state index is 6.19. The van der Waals surface area contributed by atoms with E-state index in [4.69, 9.17) is 28.2 Å². The van der Waals surface area contributed by atoms with E-state index in [-0.39, 0.29) is 0 Å². The first-order valence-electron chi connectivity index (χ1n) is 6.34. The fourth-order valence-corrected chi connectivity index (χ4v) is 3.68. The van der Waals surface area contributed by atoms with Crippen molar-refractivity contribution >= 4 is 34.5 Å². The van der Waals surface area contributed by atoms with Crippen LogP contribution in [0.2, 0.25) is 10.0 Å². The Morgan fingerprint density at radius 2 is 2.26 bits per heavy atom. The predicted molar refractivity (Wildman–Crippen MR) is 81.4 cm³/mol. The number of hydrogen-bond acceptors (Lipinski definition) is 3. The molecule has 2 nitrogen and oxygen atoms in total. The van der Waals surface area contributed by atoms with E-state index < -0.39 is 0 Å². The summed E-state index contributed by atoms with van der Waals surface area (Å²) in [6, 6.07) is 6.06. The zero-order valence-corrected chi connectivity index (χ0v) is 12.7. The lowest BCUT2D eigenvalue weighted by Crippen LogP contribution is -2.13. The molecule has 1 atom stereocenters. The lowest BCUT2D eigenvalue weighted by molar-refractivity contribution is 0.630. The molecule has 0 radical (unpaired) electrons. The van der Waals surface area contributed by atoms with Crippen LogP contribution < -0.4 is 5.32 Å². The van der Waals surface area contributed by atoms with Crippen LogP contribution in [0.25, 0.3) is 0 Å². The zero-order chi connectivity index (χ0) is 13.2. The van der Waals surface area contributed by atoms with E-state index >= 15 is 0 Å². The van der Waals surface area contributed by atoms with Crippen LogP contribution in [0.1, 0.15) is 35.1 Å². The summed E-state index contributed by atoms with van der Waals surface area (Å²) in [6.45, 7) is 1.10. The highest BCUT2D eigenvalue weighted by atomic mass is 35.5. The van der Waals surface area contributed by atoms with E-state index in [1.807, 2.05) is 12.1 Å². The molecule has 1 aromatic heterocycles. The maximum atomic E-state index is 6.19. The van der Waals surface area contributed by atoms with Gasteiger partial charge in [0.15, 0.2) is 0 Å². The molecule has 1 unspecified atom stereocenters. The standard InChI is InChI=1S/C14H14Cl2N2S/c15-10-4-3-9(11(16)7-10)6-14-18-13(8-19-14)12-2-1-5-17-12/h3-4,7-8,12,17H,1-2,5-6H2. The van der Waals surface area contributed by atoms with Crippen molar-refractivity contribution in [1.82, 2.24) is 10.3 Å². The summed E-state index contributed by atoms with van der Waals surface area (Å²) in [6.07, 6.45) is 3.19. The summed E-state index contributed by atoms with van der Waals surface area (Å²) >= 11 is 13.8. The smallest absolute Gasteiger partial charge is 0.0973 e. The fraction of sp³-hybridized carbons (Fsp3) is 0.357. The quantitative estimate of drug-likeness (QED) is 0.904. The third kappa shape index (κ3) is 3.11. The van der Waals surface area contributed by atoms with Gasteiger partial charge in [0, 0.05) is 21.8 Å². The molecule has 19 heavy (non-hydrogen) atoms. The van der Waals surface area contributed by atoms with Gasteiger partial charge in [-0.2, -0.15) is 0 Å². The monoisotopic (exact) mass is 312 g/mol. The lowest BCUT2D eigenvalue weighted by Gasteiger charge is -2.05. The minimum atomic E-state index is 0.436. The summed E-state index contributed by atoms with van der Waals surface area (Å²) in [7, 11) is 0. The summed E-state index contributed by atoms with van der Waals surface area (Å²) in [5, 5.41) is 8.11. The number of rotatable bonds is 3. The molecule has 5 heteroatoms. The molecule has 0 aliphatic carbocycles. The Labute approximate surface area is 126 Å². The molecule has 1 fully saturated rings. The molecule has 1 aliphatic heterocycles. The Balaban J connectivity index is 1.76. The summed E-state index contributed by atoms with van der Waals surface area (Å²) in [5.41, 5.74) is 2.24. The van der Waals surface area contributed by atoms with Gasteiger partial charge in [-0.3, -0.25) is 0 Å². The molecule has 1 aromatic carbocycles. The van der Waals surface area contributed by atoms with Gasteiger partial charge in [0.05, 0.1) is 16.7 Å². The number of nitrogens with one attached hydrogen (secondary N) is 1. The minimum absolute atomic E-state index is 0.436. The molecule has 1 aliphatic rings. The third-order valence-corrected chi connectivity index (χ3v) is 4.80. The highest BCUT2D eigenvalue weighted by Gasteiger charge is 2.19.